The molecule has 0 N–H and O–H groups in total. The van der Waals surface area contributed by atoms with Gasteiger partial charge in [-0.15, -0.1) is 5.06 Å². The molecule has 0 saturated carbocycles. The Labute approximate surface area is 191 Å². The van der Waals surface area contributed by atoms with Gasteiger partial charge in [0, 0.05) is 25.6 Å². The summed E-state index contributed by atoms with van der Waals surface area (Å²) in [4.78, 5) is 48.2. The largest absolute Gasteiger partial charge is 0.528 e. The molecule has 1 aromatic carbocycles. The molecule has 2 aromatic rings. The number of hydrogen-bond donors (Lipinski definition) is 0. The number of esters is 1. The zero-order chi connectivity index (χ0) is 24.2. The van der Waals surface area contributed by atoms with Crippen molar-refractivity contribution in [3.63, 3.8) is 0 Å². The predicted octanol–water partition coefficient (Wildman–Crippen LogP) is 2.49. The fourth-order valence-electron chi connectivity index (χ4n) is 3.28. The van der Waals surface area contributed by atoms with Crippen LogP contribution in [0.2, 0.25) is 0 Å². The Morgan fingerprint density at radius 3 is 2.45 bits per heavy atom. The summed E-state index contributed by atoms with van der Waals surface area (Å²) in [5.41, 5.74) is 0.916. The monoisotopic (exact) mass is 460 g/mol. The fraction of sp³-hybridized carbons (Fsp3) is 0.500. The van der Waals surface area contributed by atoms with E-state index in [-0.39, 0.29) is 18.9 Å². The standard InChI is InChI=1S/C22H28N4O7/c1-14-23-19(24-32-14)16-8-6-15(7-9-16)13-25-10-11-26(33-21(29)31-22(2,3)4)17(20(25)28)12-18(27)30-5/h6-9,17H,10-13H2,1-5H3. The fourth-order valence-corrected chi connectivity index (χ4v) is 3.28. The molecule has 11 nitrogen and oxygen atoms in total. The van der Waals surface area contributed by atoms with E-state index in [1.54, 1.807) is 32.6 Å². The Morgan fingerprint density at radius 1 is 1.18 bits per heavy atom. The first kappa shape index (κ1) is 24.2. The zero-order valence-electron chi connectivity index (χ0n) is 19.4. The number of ether oxygens (including phenoxy) is 2. The lowest BCUT2D eigenvalue weighted by atomic mass is 10.1. The van der Waals surface area contributed by atoms with Crippen LogP contribution in [0, 0.1) is 6.92 Å². The van der Waals surface area contributed by atoms with Crippen molar-refractivity contribution in [2.45, 2.75) is 52.3 Å². The maximum atomic E-state index is 13.2. The number of aryl methyl sites for hydroxylation is 1. The number of aromatic nitrogens is 2. The molecule has 1 fully saturated rings. The first-order valence-corrected chi connectivity index (χ1v) is 10.5. The number of carbonyl (C=O) groups is 3. The maximum absolute atomic E-state index is 13.2. The van der Waals surface area contributed by atoms with Crippen molar-refractivity contribution in [2.24, 2.45) is 0 Å². The first-order chi connectivity index (χ1) is 15.6. The van der Waals surface area contributed by atoms with Gasteiger partial charge in [0.25, 0.3) is 0 Å². The molecule has 1 aliphatic heterocycles. The van der Waals surface area contributed by atoms with Crippen molar-refractivity contribution in [1.82, 2.24) is 20.1 Å². The van der Waals surface area contributed by atoms with E-state index in [2.05, 4.69) is 10.1 Å². The number of hydroxylamine groups is 2. The second-order valence-corrected chi connectivity index (χ2v) is 8.59. The van der Waals surface area contributed by atoms with E-state index < -0.39 is 23.8 Å². The van der Waals surface area contributed by atoms with Crippen molar-refractivity contribution in [3.05, 3.63) is 35.7 Å². The highest BCUT2D eigenvalue weighted by molar-refractivity contribution is 5.87. The maximum Gasteiger partial charge on any atom is 0.528 e. The van der Waals surface area contributed by atoms with Crippen LogP contribution in [0.1, 0.15) is 38.6 Å². The topological polar surface area (TPSA) is 124 Å². The zero-order valence-corrected chi connectivity index (χ0v) is 19.4. The SMILES string of the molecule is COC(=O)CC1C(=O)N(Cc2ccc(-c3noc(C)n3)cc2)CCN1OC(=O)OC(C)(C)C. The number of nitrogens with zero attached hydrogens (tertiary/aromatic N) is 4. The van der Waals surface area contributed by atoms with Gasteiger partial charge < -0.3 is 23.7 Å². The van der Waals surface area contributed by atoms with Gasteiger partial charge in [0.2, 0.25) is 17.6 Å². The van der Waals surface area contributed by atoms with Gasteiger partial charge in [0.1, 0.15) is 11.6 Å². The molecule has 1 aliphatic rings. The van der Waals surface area contributed by atoms with Gasteiger partial charge in [-0.3, -0.25) is 9.59 Å². The number of rotatable bonds is 6. The number of hydrogen-bond acceptors (Lipinski definition) is 10. The Hall–Kier alpha value is -3.47. The smallest absolute Gasteiger partial charge is 0.469 e. The number of amides is 1. The molecule has 33 heavy (non-hydrogen) atoms. The lowest BCUT2D eigenvalue weighted by molar-refractivity contribution is -0.197. The Morgan fingerprint density at radius 2 is 1.88 bits per heavy atom. The van der Waals surface area contributed by atoms with Crippen LogP contribution in [0.15, 0.2) is 28.8 Å². The van der Waals surface area contributed by atoms with Gasteiger partial charge in [-0.2, -0.15) is 4.98 Å². The van der Waals surface area contributed by atoms with E-state index in [0.717, 1.165) is 11.1 Å². The Balaban J connectivity index is 1.69. The van der Waals surface area contributed by atoms with Crippen LogP contribution in [0.3, 0.4) is 0 Å². The van der Waals surface area contributed by atoms with Gasteiger partial charge in [0.05, 0.1) is 20.1 Å². The molecule has 0 spiro atoms. The van der Waals surface area contributed by atoms with E-state index in [1.165, 1.54) is 12.2 Å². The van der Waals surface area contributed by atoms with E-state index in [9.17, 15) is 14.4 Å². The summed E-state index contributed by atoms with van der Waals surface area (Å²) < 4.78 is 14.9. The van der Waals surface area contributed by atoms with E-state index >= 15 is 0 Å². The molecular weight excluding hydrogens is 432 g/mol. The van der Waals surface area contributed by atoms with Crippen LogP contribution < -0.4 is 0 Å². The third-order valence-electron chi connectivity index (χ3n) is 4.82. The molecule has 11 heteroatoms. The van der Waals surface area contributed by atoms with Crippen molar-refractivity contribution in [1.29, 1.82) is 0 Å². The summed E-state index contributed by atoms with van der Waals surface area (Å²) >= 11 is 0. The number of methoxy groups -OCH3 is 1. The third-order valence-corrected chi connectivity index (χ3v) is 4.82. The first-order valence-electron chi connectivity index (χ1n) is 10.5. The summed E-state index contributed by atoms with van der Waals surface area (Å²) in [6.07, 6.45) is -1.20. The molecule has 1 atom stereocenters. The molecule has 178 valence electrons. The van der Waals surface area contributed by atoms with Gasteiger partial charge in [-0.25, -0.2) is 4.79 Å². The van der Waals surface area contributed by atoms with Gasteiger partial charge in [-0.1, -0.05) is 29.4 Å². The second-order valence-electron chi connectivity index (χ2n) is 8.59. The van der Waals surface area contributed by atoms with E-state index in [4.69, 9.17) is 18.8 Å². The summed E-state index contributed by atoms with van der Waals surface area (Å²) in [6.45, 7) is 7.66. The van der Waals surface area contributed by atoms with Crippen molar-refractivity contribution in [2.75, 3.05) is 20.2 Å². The Bertz CT molecular complexity index is 997. The lowest BCUT2D eigenvalue weighted by Crippen LogP contribution is -2.57. The average molecular weight is 460 g/mol. The summed E-state index contributed by atoms with van der Waals surface area (Å²) in [6, 6.07) is 6.41. The highest BCUT2D eigenvalue weighted by Gasteiger charge is 2.39. The highest BCUT2D eigenvalue weighted by atomic mass is 16.8. The second kappa shape index (κ2) is 9.99. The van der Waals surface area contributed by atoms with E-state index in [0.29, 0.717) is 24.8 Å². The van der Waals surface area contributed by atoms with Crippen LogP contribution in [-0.4, -0.2) is 70.0 Å². The van der Waals surface area contributed by atoms with Crippen molar-refractivity contribution in [3.8, 4) is 11.4 Å². The van der Waals surface area contributed by atoms with Crippen LogP contribution in [0.5, 0.6) is 0 Å². The van der Waals surface area contributed by atoms with E-state index in [1.807, 2.05) is 24.3 Å². The van der Waals surface area contributed by atoms with Gasteiger partial charge in [-0.05, 0) is 26.3 Å². The van der Waals surface area contributed by atoms with Crippen molar-refractivity contribution < 1.29 is 33.2 Å². The summed E-state index contributed by atoms with van der Waals surface area (Å²) in [5, 5.41) is 5.08. The van der Waals surface area contributed by atoms with Crippen LogP contribution >= 0.6 is 0 Å². The molecule has 0 radical (unpaired) electrons. The van der Waals surface area contributed by atoms with Crippen LogP contribution in [0.25, 0.3) is 11.4 Å². The molecular formula is C22H28N4O7. The molecule has 0 bridgehead atoms. The summed E-state index contributed by atoms with van der Waals surface area (Å²) in [7, 11) is 1.24. The minimum Gasteiger partial charge on any atom is -0.469 e. The minimum atomic E-state index is -1.01. The highest BCUT2D eigenvalue weighted by Crippen LogP contribution is 2.21. The van der Waals surface area contributed by atoms with Crippen LogP contribution in [0.4, 0.5) is 4.79 Å². The number of carbonyl (C=O) groups excluding carboxylic acids is 3. The quantitative estimate of drug-likeness (QED) is 0.594. The molecule has 1 amide bonds. The molecule has 2 heterocycles. The number of piperazine rings is 1. The molecule has 1 aromatic heterocycles. The van der Waals surface area contributed by atoms with Gasteiger partial charge >= 0.3 is 12.1 Å². The average Bonchev–Trinajstić information content (AvgIpc) is 3.18. The minimum absolute atomic E-state index is 0.215. The van der Waals surface area contributed by atoms with Crippen LogP contribution in [-0.2, 0) is 30.4 Å². The predicted molar refractivity (Wildman–Crippen MR) is 114 cm³/mol. The van der Waals surface area contributed by atoms with Gasteiger partial charge in [0.15, 0.2) is 0 Å². The summed E-state index contributed by atoms with van der Waals surface area (Å²) in [5.74, 6) is 0.0183. The molecule has 0 aliphatic carbocycles. The Kier molecular flexibility index (Phi) is 7.32. The van der Waals surface area contributed by atoms with Crippen molar-refractivity contribution >= 4 is 18.0 Å². The third kappa shape index (κ3) is 6.51. The molecule has 3 rings (SSSR count). The molecule has 1 saturated heterocycles. The normalized spacial score (nSPS) is 17.1. The lowest BCUT2D eigenvalue weighted by Gasteiger charge is -2.38. The molecule has 1 unspecified atom stereocenters. The number of benzene rings is 1.